The second-order valence-corrected chi connectivity index (χ2v) is 7.57. The Morgan fingerprint density at radius 2 is 1.47 bits per heavy atom. The minimum atomic E-state index is -0.473. The van der Waals surface area contributed by atoms with Gasteiger partial charge in [-0.05, 0) is 47.9 Å². The molecule has 0 aromatic heterocycles. The van der Waals surface area contributed by atoms with Crippen LogP contribution in [0.5, 0.6) is 0 Å². The third-order valence-corrected chi connectivity index (χ3v) is 5.76. The molecule has 5 rings (SSSR count). The maximum absolute atomic E-state index is 13.6. The van der Waals surface area contributed by atoms with Gasteiger partial charge in [0, 0.05) is 12.2 Å². The molecule has 6 heteroatoms. The van der Waals surface area contributed by atoms with Gasteiger partial charge in [0.15, 0.2) is 0 Å². The van der Waals surface area contributed by atoms with Gasteiger partial charge >= 0.3 is 0 Å². The van der Waals surface area contributed by atoms with Gasteiger partial charge in [-0.2, -0.15) is 0 Å². The van der Waals surface area contributed by atoms with Crippen molar-refractivity contribution in [2.45, 2.75) is 6.42 Å². The largest absolute Gasteiger partial charge is 0.336 e. The van der Waals surface area contributed by atoms with E-state index in [1.807, 2.05) is 29.2 Å². The first-order valence-electron chi connectivity index (χ1n) is 9.55. The number of carbonyl (C=O) groups excluding carboxylic acids is 2. The zero-order valence-corrected chi connectivity index (χ0v) is 16.6. The van der Waals surface area contributed by atoms with Crippen LogP contribution in [-0.4, -0.2) is 18.4 Å². The van der Waals surface area contributed by atoms with Crippen LogP contribution in [0.3, 0.4) is 0 Å². The van der Waals surface area contributed by atoms with E-state index in [0.717, 1.165) is 22.6 Å². The molecule has 0 N–H and O–H groups in total. The van der Waals surface area contributed by atoms with Gasteiger partial charge in [-0.1, -0.05) is 54.1 Å². The van der Waals surface area contributed by atoms with E-state index in [2.05, 4.69) is 0 Å². The Morgan fingerprint density at radius 3 is 2.20 bits per heavy atom. The first kappa shape index (κ1) is 18.6. The van der Waals surface area contributed by atoms with Crippen molar-refractivity contribution in [2.75, 3.05) is 16.3 Å². The van der Waals surface area contributed by atoms with Crippen molar-refractivity contribution < 1.29 is 14.0 Å². The summed E-state index contributed by atoms with van der Waals surface area (Å²) in [5.74, 6) is -1.32. The molecule has 0 spiro atoms. The number of anilines is 2. The smallest absolute Gasteiger partial charge is 0.282 e. The quantitative estimate of drug-likeness (QED) is 0.572. The Hall–Kier alpha value is -3.44. The lowest BCUT2D eigenvalue weighted by molar-refractivity contribution is -0.120. The van der Waals surface area contributed by atoms with E-state index < -0.39 is 17.6 Å². The number of carbonyl (C=O) groups is 2. The molecule has 2 aliphatic rings. The maximum atomic E-state index is 13.6. The summed E-state index contributed by atoms with van der Waals surface area (Å²) in [5.41, 5.74) is 3.36. The molecule has 0 saturated heterocycles. The summed E-state index contributed by atoms with van der Waals surface area (Å²) in [6, 6.07) is 20.2. The van der Waals surface area contributed by atoms with Gasteiger partial charge in [0.25, 0.3) is 11.8 Å². The Morgan fingerprint density at radius 1 is 0.800 bits per heavy atom. The average Bonchev–Trinajstić information content (AvgIpc) is 3.28. The van der Waals surface area contributed by atoms with Gasteiger partial charge in [-0.3, -0.25) is 9.59 Å². The van der Waals surface area contributed by atoms with Crippen molar-refractivity contribution in [1.29, 1.82) is 0 Å². The van der Waals surface area contributed by atoms with Crippen LogP contribution in [0, 0.1) is 5.82 Å². The fourth-order valence-electron chi connectivity index (χ4n) is 4.07. The Kier molecular flexibility index (Phi) is 4.40. The molecule has 30 heavy (non-hydrogen) atoms. The molecule has 2 heterocycles. The zero-order chi connectivity index (χ0) is 20.8. The summed E-state index contributed by atoms with van der Waals surface area (Å²) >= 11 is 6.31. The van der Waals surface area contributed by atoms with Crippen LogP contribution in [0.1, 0.15) is 11.1 Å². The topological polar surface area (TPSA) is 40.6 Å². The highest BCUT2D eigenvalue weighted by molar-refractivity contribution is 6.48. The Bertz CT molecular complexity index is 1220. The van der Waals surface area contributed by atoms with Crippen molar-refractivity contribution in [3.8, 4) is 0 Å². The van der Waals surface area contributed by atoms with E-state index in [-0.39, 0.29) is 11.3 Å². The summed E-state index contributed by atoms with van der Waals surface area (Å²) < 4.78 is 13.5. The van der Waals surface area contributed by atoms with Crippen LogP contribution >= 0.6 is 11.6 Å². The number of para-hydroxylation sites is 2. The van der Waals surface area contributed by atoms with Crippen molar-refractivity contribution in [2.24, 2.45) is 0 Å². The monoisotopic (exact) mass is 418 g/mol. The molecule has 2 amide bonds. The van der Waals surface area contributed by atoms with Crippen LogP contribution < -0.4 is 9.80 Å². The molecule has 3 aromatic rings. The molecule has 2 aliphatic heterocycles. The fourth-order valence-corrected chi connectivity index (χ4v) is 4.29. The number of hydrogen-bond acceptors (Lipinski definition) is 3. The highest BCUT2D eigenvalue weighted by atomic mass is 35.5. The van der Waals surface area contributed by atoms with E-state index in [1.54, 1.807) is 24.3 Å². The van der Waals surface area contributed by atoms with Gasteiger partial charge in [-0.15, -0.1) is 0 Å². The summed E-state index contributed by atoms with van der Waals surface area (Å²) in [5, 5.41) is 0.306. The van der Waals surface area contributed by atoms with Crippen molar-refractivity contribution in [1.82, 2.24) is 0 Å². The Balaban J connectivity index is 1.70. The third-order valence-electron chi connectivity index (χ3n) is 5.44. The normalized spacial score (nSPS) is 15.9. The first-order valence-corrected chi connectivity index (χ1v) is 9.93. The number of nitrogens with zero attached hydrogens (tertiary/aromatic N) is 2. The van der Waals surface area contributed by atoms with Gasteiger partial charge in [0.2, 0.25) is 0 Å². The standard InChI is InChI=1S/C24H16ClFN2O2/c25-18-6-2-4-8-20(18)28-23(29)21(16-9-11-17(26)12-10-16)22(24(28)30)27-14-13-15-5-1-3-7-19(15)27/h1-12H,13-14H2. The van der Waals surface area contributed by atoms with Crippen LogP contribution in [0.15, 0.2) is 78.5 Å². The van der Waals surface area contributed by atoms with E-state index in [1.165, 1.54) is 24.3 Å². The third kappa shape index (κ3) is 2.82. The minimum Gasteiger partial charge on any atom is -0.336 e. The molecule has 3 aromatic carbocycles. The second kappa shape index (κ2) is 7.11. The molecule has 0 bridgehead atoms. The molecule has 4 nitrogen and oxygen atoms in total. The number of fused-ring (bicyclic) bond motifs is 1. The van der Waals surface area contributed by atoms with Crippen LogP contribution in [0.4, 0.5) is 15.8 Å². The molecule has 0 aliphatic carbocycles. The molecule has 0 radical (unpaired) electrons. The molecular weight excluding hydrogens is 403 g/mol. The summed E-state index contributed by atoms with van der Waals surface area (Å²) in [4.78, 5) is 30.1. The van der Waals surface area contributed by atoms with E-state index >= 15 is 0 Å². The molecule has 148 valence electrons. The van der Waals surface area contributed by atoms with Gasteiger partial charge in [0.05, 0.1) is 16.3 Å². The number of halogens is 2. The fraction of sp³-hybridized carbons (Fsp3) is 0.0833. The number of hydrogen-bond donors (Lipinski definition) is 0. The number of benzene rings is 3. The van der Waals surface area contributed by atoms with Crippen molar-refractivity contribution >= 4 is 40.4 Å². The highest BCUT2D eigenvalue weighted by Crippen LogP contribution is 2.41. The molecule has 0 fully saturated rings. The van der Waals surface area contributed by atoms with Crippen LogP contribution in [-0.2, 0) is 16.0 Å². The lowest BCUT2D eigenvalue weighted by atomic mass is 10.0. The average molecular weight is 419 g/mol. The van der Waals surface area contributed by atoms with Gasteiger partial charge in [-0.25, -0.2) is 9.29 Å². The van der Waals surface area contributed by atoms with E-state index in [0.29, 0.717) is 22.8 Å². The van der Waals surface area contributed by atoms with E-state index in [4.69, 9.17) is 11.6 Å². The lowest BCUT2D eigenvalue weighted by Gasteiger charge is -2.22. The van der Waals surface area contributed by atoms with Gasteiger partial charge in [0.1, 0.15) is 11.5 Å². The predicted molar refractivity (Wildman–Crippen MR) is 115 cm³/mol. The van der Waals surface area contributed by atoms with E-state index in [9.17, 15) is 14.0 Å². The number of imide groups is 1. The molecule has 0 unspecified atom stereocenters. The van der Waals surface area contributed by atoms with Crippen LogP contribution in [0.2, 0.25) is 5.02 Å². The summed E-state index contributed by atoms with van der Waals surface area (Å²) in [7, 11) is 0. The SMILES string of the molecule is O=C1C(c2ccc(F)cc2)=C(N2CCc3ccccc32)C(=O)N1c1ccccc1Cl. The summed E-state index contributed by atoms with van der Waals surface area (Å²) in [6.07, 6.45) is 0.768. The van der Waals surface area contributed by atoms with Gasteiger partial charge < -0.3 is 4.90 Å². The molecule has 0 atom stereocenters. The van der Waals surface area contributed by atoms with Crippen molar-refractivity contribution in [3.63, 3.8) is 0 Å². The molecule has 0 saturated carbocycles. The second-order valence-electron chi connectivity index (χ2n) is 7.16. The minimum absolute atomic E-state index is 0.247. The molecular formula is C24H16ClFN2O2. The predicted octanol–water partition coefficient (Wildman–Crippen LogP) is 4.83. The number of rotatable bonds is 3. The first-order chi connectivity index (χ1) is 14.6. The lowest BCUT2D eigenvalue weighted by Crippen LogP contribution is -2.35. The zero-order valence-electron chi connectivity index (χ0n) is 15.8. The van der Waals surface area contributed by atoms with Crippen LogP contribution in [0.25, 0.3) is 5.57 Å². The Labute approximate surface area is 177 Å². The van der Waals surface area contributed by atoms with Crippen molar-refractivity contribution in [3.05, 3.63) is 100 Å². The summed E-state index contributed by atoms with van der Waals surface area (Å²) in [6.45, 7) is 0.578. The highest BCUT2D eigenvalue weighted by Gasteiger charge is 2.44. The number of amides is 2. The maximum Gasteiger partial charge on any atom is 0.282 e.